The second kappa shape index (κ2) is 8.77. The Labute approximate surface area is 160 Å². The molecule has 6 nitrogen and oxygen atoms in total. The largest absolute Gasteiger partial charge is 0.497 e. The van der Waals surface area contributed by atoms with Crippen molar-refractivity contribution in [2.24, 2.45) is 0 Å². The van der Waals surface area contributed by atoms with Gasteiger partial charge in [-0.05, 0) is 43.8 Å². The zero-order valence-electron chi connectivity index (χ0n) is 16.0. The Morgan fingerprint density at radius 3 is 2.63 bits per heavy atom. The van der Waals surface area contributed by atoms with Crippen LogP contribution in [0.2, 0.25) is 0 Å². The van der Waals surface area contributed by atoms with Gasteiger partial charge in [0.25, 0.3) is 0 Å². The average Bonchev–Trinajstić information content (AvgIpc) is 2.71. The van der Waals surface area contributed by atoms with Crippen LogP contribution < -0.4 is 19.5 Å². The maximum Gasteiger partial charge on any atom is 0.237 e. The first-order valence-corrected chi connectivity index (χ1v) is 9.06. The molecule has 0 fully saturated rings. The van der Waals surface area contributed by atoms with Crippen LogP contribution in [0, 0.1) is 0 Å². The lowest BCUT2D eigenvalue weighted by molar-refractivity contribution is -0.126. The number of carbonyl (C=O) groups is 1. The number of likely N-dealkylation sites (N-methyl/N-ethyl adjacent to an activating group) is 1. The molecule has 27 heavy (non-hydrogen) atoms. The molecule has 1 N–H and O–H groups in total. The molecule has 0 saturated heterocycles. The lowest BCUT2D eigenvalue weighted by Crippen LogP contribution is -2.48. The predicted octanol–water partition coefficient (Wildman–Crippen LogP) is 2.47. The molecule has 0 unspecified atom stereocenters. The Kier molecular flexibility index (Phi) is 6.19. The maximum atomic E-state index is 12.5. The van der Waals surface area contributed by atoms with E-state index in [1.54, 1.807) is 7.11 Å². The van der Waals surface area contributed by atoms with E-state index in [1.807, 2.05) is 67.4 Å². The summed E-state index contributed by atoms with van der Waals surface area (Å²) in [5.41, 5.74) is 1.03. The van der Waals surface area contributed by atoms with Gasteiger partial charge in [-0.1, -0.05) is 24.3 Å². The lowest BCUT2D eigenvalue weighted by atomic mass is 10.2. The van der Waals surface area contributed by atoms with Gasteiger partial charge in [0, 0.05) is 13.1 Å². The van der Waals surface area contributed by atoms with E-state index in [-0.39, 0.29) is 18.1 Å². The second-order valence-corrected chi connectivity index (χ2v) is 6.68. The molecule has 0 spiro atoms. The number of ether oxygens (including phenoxy) is 3. The van der Waals surface area contributed by atoms with Crippen molar-refractivity contribution in [2.75, 3.05) is 27.3 Å². The SMILES string of the molecule is COc1ccc(CNC(=O)[C@H](C)N(C)C[C@@H]2COc3ccccc3O2)cc1. The summed E-state index contributed by atoms with van der Waals surface area (Å²) >= 11 is 0. The number of nitrogens with zero attached hydrogens (tertiary/aromatic N) is 1. The van der Waals surface area contributed by atoms with Crippen LogP contribution in [0.15, 0.2) is 48.5 Å². The lowest BCUT2D eigenvalue weighted by Gasteiger charge is -2.31. The van der Waals surface area contributed by atoms with Gasteiger partial charge in [-0.25, -0.2) is 0 Å². The van der Waals surface area contributed by atoms with Gasteiger partial charge in [0.05, 0.1) is 13.2 Å². The molecule has 0 saturated carbocycles. The molecule has 1 aliphatic rings. The minimum atomic E-state index is -0.274. The molecule has 2 aromatic rings. The molecule has 144 valence electrons. The highest BCUT2D eigenvalue weighted by atomic mass is 16.6. The third kappa shape index (κ3) is 4.92. The molecule has 0 aliphatic carbocycles. The van der Waals surface area contributed by atoms with Crippen LogP contribution in [0.1, 0.15) is 12.5 Å². The fraction of sp³-hybridized carbons (Fsp3) is 0.381. The van der Waals surface area contributed by atoms with Crippen LogP contribution in [0.25, 0.3) is 0 Å². The molecule has 0 radical (unpaired) electrons. The van der Waals surface area contributed by atoms with Crippen molar-refractivity contribution >= 4 is 5.91 Å². The van der Waals surface area contributed by atoms with E-state index in [2.05, 4.69) is 5.32 Å². The molecule has 2 atom stereocenters. The van der Waals surface area contributed by atoms with Crippen LogP contribution in [0.4, 0.5) is 0 Å². The summed E-state index contributed by atoms with van der Waals surface area (Å²) in [6.45, 7) is 3.45. The first-order chi connectivity index (χ1) is 13.1. The molecule has 1 aliphatic heterocycles. The summed E-state index contributed by atoms with van der Waals surface area (Å²) in [5, 5.41) is 2.98. The van der Waals surface area contributed by atoms with Crippen LogP contribution in [-0.2, 0) is 11.3 Å². The summed E-state index contributed by atoms with van der Waals surface area (Å²) in [6.07, 6.45) is -0.110. The van der Waals surface area contributed by atoms with E-state index in [4.69, 9.17) is 14.2 Å². The third-order valence-electron chi connectivity index (χ3n) is 4.73. The normalized spacial score (nSPS) is 16.7. The Hall–Kier alpha value is -2.73. The number of fused-ring (bicyclic) bond motifs is 1. The van der Waals surface area contributed by atoms with Crippen molar-refractivity contribution in [3.8, 4) is 17.2 Å². The molecule has 1 heterocycles. The highest BCUT2D eigenvalue weighted by Gasteiger charge is 2.25. The summed E-state index contributed by atoms with van der Waals surface area (Å²) in [4.78, 5) is 14.4. The van der Waals surface area contributed by atoms with E-state index in [9.17, 15) is 4.79 Å². The standard InChI is InChI=1S/C21H26N2O4/c1-15(21(24)22-12-16-8-10-17(25-3)11-9-16)23(2)13-18-14-26-19-6-4-5-7-20(19)27-18/h4-11,15,18H,12-14H2,1-3H3,(H,22,24)/t15-,18+/m0/s1. The highest BCUT2D eigenvalue weighted by Crippen LogP contribution is 2.31. The van der Waals surface area contributed by atoms with Gasteiger partial charge in [-0.2, -0.15) is 0 Å². The Morgan fingerprint density at radius 2 is 1.93 bits per heavy atom. The van der Waals surface area contributed by atoms with E-state index >= 15 is 0 Å². The minimum Gasteiger partial charge on any atom is -0.497 e. The van der Waals surface area contributed by atoms with Gasteiger partial charge >= 0.3 is 0 Å². The summed E-state index contributed by atoms with van der Waals surface area (Å²) in [6, 6.07) is 15.0. The van der Waals surface area contributed by atoms with Crippen molar-refractivity contribution in [1.82, 2.24) is 10.2 Å². The van der Waals surface area contributed by atoms with E-state index in [1.165, 1.54) is 0 Å². The van der Waals surface area contributed by atoms with Gasteiger partial charge in [-0.15, -0.1) is 0 Å². The number of para-hydroxylation sites is 2. The number of hydrogen-bond acceptors (Lipinski definition) is 5. The number of benzene rings is 2. The molecule has 0 bridgehead atoms. The van der Waals surface area contributed by atoms with Crippen LogP contribution >= 0.6 is 0 Å². The van der Waals surface area contributed by atoms with Gasteiger partial charge in [-0.3, -0.25) is 9.69 Å². The molecule has 6 heteroatoms. The van der Waals surface area contributed by atoms with Crippen molar-refractivity contribution < 1.29 is 19.0 Å². The van der Waals surface area contributed by atoms with Crippen LogP contribution in [0.5, 0.6) is 17.2 Å². The van der Waals surface area contributed by atoms with E-state index in [0.717, 1.165) is 22.8 Å². The summed E-state index contributed by atoms with van der Waals surface area (Å²) in [5.74, 6) is 2.29. The monoisotopic (exact) mass is 370 g/mol. The number of amides is 1. The number of nitrogens with one attached hydrogen (secondary N) is 1. The second-order valence-electron chi connectivity index (χ2n) is 6.68. The maximum absolute atomic E-state index is 12.5. The summed E-state index contributed by atoms with van der Waals surface area (Å²) < 4.78 is 16.9. The molecular weight excluding hydrogens is 344 g/mol. The van der Waals surface area contributed by atoms with E-state index in [0.29, 0.717) is 19.7 Å². The quantitative estimate of drug-likeness (QED) is 0.811. The van der Waals surface area contributed by atoms with Crippen molar-refractivity contribution in [3.63, 3.8) is 0 Å². The first-order valence-electron chi connectivity index (χ1n) is 9.06. The summed E-state index contributed by atoms with van der Waals surface area (Å²) in [7, 11) is 3.55. The molecule has 2 aromatic carbocycles. The predicted molar refractivity (Wildman–Crippen MR) is 103 cm³/mol. The topological polar surface area (TPSA) is 60.0 Å². The number of rotatable bonds is 7. The molecule has 1 amide bonds. The van der Waals surface area contributed by atoms with Crippen molar-refractivity contribution in [1.29, 1.82) is 0 Å². The van der Waals surface area contributed by atoms with Crippen LogP contribution in [-0.4, -0.2) is 50.3 Å². The van der Waals surface area contributed by atoms with Gasteiger partial charge in [0.2, 0.25) is 5.91 Å². The fourth-order valence-electron chi connectivity index (χ4n) is 2.91. The van der Waals surface area contributed by atoms with Crippen LogP contribution in [0.3, 0.4) is 0 Å². The highest BCUT2D eigenvalue weighted by molar-refractivity contribution is 5.81. The van der Waals surface area contributed by atoms with Gasteiger partial charge in [0.1, 0.15) is 18.5 Å². The average molecular weight is 370 g/mol. The van der Waals surface area contributed by atoms with Gasteiger partial charge < -0.3 is 19.5 Å². The first kappa shape index (κ1) is 19.0. The zero-order chi connectivity index (χ0) is 19.2. The Morgan fingerprint density at radius 1 is 1.22 bits per heavy atom. The van der Waals surface area contributed by atoms with Crippen molar-refractivity contribution in [3.05, 3.63) is 54.1 Å². The number of hydrogen-bond donors (Lipinski definition) is 1. The molecular formula is C21H26N2O4. The minimum absolute atomic E-state index is 0.0227. The van der Waals surface area contributed by atoms with E-state index < -0.39 is 0 Å². The zero-order valence-corrected chi connectivity index (χ0v) is 16.0. The molecule has 0 aromatic heterocycles. The smallest absolute Gasteiger partial charge is 0.237 e. The third-order valence-corrected chi connectivity index (χ3v) is 4.73. The number of carbonyl (C=O) groups excluding carboxylic acids is 1. The number of methoxy groups -OCH3 is 1. The fourth-order valence-corrected chi connectivity index (χ4v) is 2.91. The van der Waals surface area contributed by atoms with Crippen molar-refractivity contribution in [2.45, 2.75) is 25.6 Å². The Balaban J connectivity index is 1.47. The molecule has 3 rings (SSSR count). The van der Waals surface area contributed by atoms with Gasteiger partial charge in [0.15, 0.2) is 11.5 Å². The Bertz CT molecular complexity index is 763.